The number of hydrogen-bond donors (Lipinski definition) is 1. The normalized spacial score (nSPS) is 23.4. The van der Waals surface area contributed by atoms with E-state index in [9.17, 15) is 5.11 Å². The maximum absolute atomic E-state index is 9.98. The summed E-state index contributed by atoms with van der Waals surface area (Å²) in [6, 6.07) is 4.48. The number of benzene rings is 1. The lowest BCUT2D eigenvalue weighted by Gasteiger charge is -2.59. The Bertz CT molecular complexity index is 750. The summed E-state index contributed by atoms with van der Waals surface area (Å²) in [5, 5.41) is 9.98. The van der Waals surface area contributed by atoms with Crippen LogP contribution in [-0.4, -0.2) is 25.9 Å². The van der Waals surface area contributed by atoms with Crippen LogP contribution in [0.4, 0.5) is 0 Å². The number of methoxy groups -OCH3 is 2. The molecule has 3 aliphatic rings. The third kappa shape index (κ3) is 5.03. The molecule has 2 unspecified atom stereocenters. The highest BCUT2D eigenvalue weighted by Gasteiger charge is 2.56. The average molecular weight is 445 g/mol. The monoisotopic (exact) mass is 444 g/mol. The summed E-state index contributed by atoms with van der Waals surface area (Å²) in [6.07, 6.45) is 9.70. The highest BCUT2D eigenvalue weighted by Crippen LogP contribution is 2.65. The molecule has 3 nitrogen and oxygen atoms in total. The van der Waals surface area contributed by atoms with Crippen molar-refractivity contribution < 1.29 is 14.6 Å². The van der Waals surface area contributed by atoms with Crippen LogP contribution in [0, 0.1) is 17.3 Å². The Morgan fingerprint density at radius 1 is 1.03 bits per heavy atom. The van der Waals surface area contributed by atoms with Gasteiger partial charge in [-0.05, 0) is 58.8 Å². The van der Waals surface area contributed by atoms with E-state index in [1.165, 1.54) is 36.8 Å². The number of allylic oxidation sites excluding steroid dienone is 1. The SMILES string of the molecule is CC.CCCCCCC(C)(C)c1cc(OC)c(C2C=C(CO)C3C[C@@H]2C3(C)C)c(OC)c1. The van der Waals surface area contributed by atoms with Gasteiger partial charge in [-0.3, -0.25) is 0 Å². The van der Waals surface area contributed by atoms with Gasteiger partial charge in [0, 0.05) is 11.5 Å². The first-order chi connectivity index (χ1) is 15.2. The van der Waals surface area contributed by atoms with Crippen LogP contribution in [0.5, 0.6) is 11.5 Å². The molecule has 1 N–H and O–H groups in total. The van der Waals surface area contributed by atoms with Crippen LogP contribution in [0.3, 0.4) is 0 Å². The molecular formula is C29H48O3. The van der Waals surface area contributed by atoms with Crippen LogP contribution in [0.15, 0.2) is 23.8 Å². The van der Waals surface area contributed by atoms with E-state index >= 15 is 0 Å². The van der Waals surface area contributed by atoms with Gasteiger partial charge in [0.15, 0.2) is 0 Å². The standard InChI is InChI=1S/C27H42O3.C2H6/c1-8-9-10-11-12-26(2,3)19-14-23(29-6)25(24(15-19)30-7)20-13-18(17-28)21-16-22(20)27(21,4)5;1-2/h13-15,20-22,28H,8-12,16-17H2,1-7H3;1-2H3/t20?,21?,22-;/m0./s1. The quantitative estimate of drug-likeness (QED) is 0.297. The van der Waals surface area contributed by atoms with E-state index in [1.54, 1.807) is 14.2 Å². The van der Waals surface area contributed by atoms with Crippen LogP contribution in [0.2, 0.25) is 0 Å². The van der Waals surface area contributed by atoms with Crippen molar-refractivity contribution in [3.05, 3.63) is 34.9 Å². The maximum atomic E-state index is 9.98. The molecule has 32 heavy (non-hydrogen) atoms. The van der Waals surface area contributed by atoms with E-state index in [1.807, 2.05) is 13.8 Å². The summed E-state index contributed by atoms with van der Waals surface area (Å²) in [7, 11) is 3.54. The minimum absolute atomic E-state index is 0.0757. The highest BCUT2D eigenvalue weighted by molar-refractivity contribution is 5.55. The van der Waals surface area contributed by atoms with Crippen molar-refractivity contribution in [3.63, 3.8) is 0 Å². The fourth-order valence-corrected chi connectivity index (χ4v) is 5.90. The third-order valence-electron chi connectivity index (χ3n) is 8.11. The smallest absolute Gasteiger partial charge is 0.126 e. The van der Waals surface area contributed by atoms with Crippen molar-refractivity contribution in [2.24, 2.45) is 17.3 Å². The lowest BCUT2D eigenvalue weighted by molar-refractivity contribution is -0.0260. The van der Waals surface area contributed by atoms with Crippen molar-refractivity contribution in [2.45, 2.75) is 98.3 Å². The predicted molar refractivity (Wildman–Crippen MR) is 136 cm³/mol. The fraction of sp³-hybridized carbons (Fsp3) is 0.724. The zero-order valence-electron chi connectivity index (χ0n) is 22.2. The van der Waals surface area contributed by atoms with Crippen molar-refractivity contribution in [2.75, 3.05) is 20.8 Å². The highest BCUT2D eigenvalue weighted by atomic mass is 16.5. The van der Waals surface area contributed by atoms with Crippen molar-refractivity contribution >= 4 is 0 Å². The summed E-state index contributed by atoms with van der Waals surface area (Å²) in [5.74, 6) is 3.12. The molecular weight excluding hydrogens is 396 g/mol. The summed E-state index contributed by atoms with van der Waals surface area (Å²) in [6.45, 7) is 15.7. The van der Waals surface area contributed by atoms with Crippen LogP contribution in [0.1, 0.15) is 104 Å². The Balaban J connectivity index is 0.00000176. The Labute approximate surface area is 197 Å². The van der Waals surface area contributed by atoms with Crippen LogP contribution in [0.25, 0.3) is 0 Å². The minimum atomic E-state index is 0.0757. The molecule has 3 atom stereocenters. The van der Waals surface area contributed by atoms with Gasteiger partial charge in [0.25, 0.3) is 0 Å². The molecule has 0 heterocycles. The van der Waals surface area contributed by atoms with Crippen molar-refractivity contribution in [1.82, 2.24) is 0 Å². The van der Waals surface area contributed by atoms with Gasteiger partial charge in [-0.25, -0.2) is 0 Å². The zero-order valence-corrected chi connectivity index (χ0v) is 22.2. The molecule has 182 valence electrons. The lowest BCUT2D eigenvalue weighted by Crippen LogP contribution is -2.51. The Morgan fingerprint density at radius 2 is 1.62 bits per heavy atom. The molecule has 3 aliphatic carbocycles. The van der Waals surface area contributed by atoms with Gasteiger partial charge in [0.05, 0.1) is 20.8 Å². The second-order valence-corrected chi connectivity index (χ2v) is 10.6. The maximum Gasteiger partial charge on any atom is 0.126 e. The first-order valence-electron chi connectivity index (χ1n) is 12.8. The van der Waals surface area contributed by atoms with E-state index in [2.05, 4.69) is 52.8 Å². The van der Waals surface area contributed by atoms with Crippen molar-refractivity contribution in [3.8, 4) is 11.5 Å². The third-order valence-corrected chi connectivity index (χ3v) is 8.11. The number of rotatable bonds is 10. The second kappa shape index (κ2) is 11.1. The first-order valence-corrected chi connectivity index (χ1v) is 12.8. The summed E-state index contributed by atoms with van der Waals surface area (Å²) in [4.78, 5) is 0. The minimum Gasteiger partial charge on any atom is -0.496 e. The van der Waals surface area contributed by atoms with Crippen molar-refractivity contribution in [1.29, 1.82) is 0 Å². The Morgan fingerprint density at radius 3 is 2.09 bits per heavy atom. The predicted octanol–water partition coefficient (Wildman–Crippen LogP) is 7.66. The van der Waals surface area contributed by atoms with E-state index in [-0.39, 0.29) is 23.4 Å². The summed E-state index contributed by atoms with van der Waals surface area (Å²) < 4.78 is 11.9. The number of unbranched alkanes of at least 4 members (excludes halogenated alkanes) is 3. The number of ether oxygens (including phenoxy) is 2. The molecule has 0 aromatic heterocycles. The summed E-state index contributed by atoms with van der Waals surface area (Å²) in [5.41, 5.74) is 3.88. The van der Waals surface area contributed by atoms with E-state index < -0.39 is 0 Å². The largest absolute Gasteiger partial charge is 0.496 e. The molecule has 1 saturated carbocycles. The molecule has 0 aliphatic heterocycles. The molecule has 0 saturated heterocycles. The van der Waals surface area contributed by atoms with Crippen LogP contribution in [-0.2, 0) is 5.41 Å². The molecule has 1 aromatic carbocycles. The van der Waals surface area contributed by atoms with Gasteiger partial charge in [-0.15, -0.1) is 0 Å². The van der Waals surface area contributed by atoms with Gasteiger partial charge < -0.3 is 14.6 Å². The van der Waals surface area contributed by atoms with Crippen LogP contribution < -0.4 is 9.47 Å². The molecule has 3 heteroatoms. The van der Waals surface area contributed by atoms with Gasteiger partial charge >= 0.3 is 0 Å². The number of aliphatic hydroxyl groups is 1. The van der Waals surface area contributed by atoms with Gasteiger partial charge in [0.2, 0.25) is 0 Å². The number of aliphatic hydroxyl groups excluding tert-OH is 1. The first kappa shape index (κ1) is 26.8. The molecule has 0 spiro atoms. The topological polar surface area (TPSA) is 38.7 Å². The van der Waals surface area contributed by atoms with E-state index in [0.717, 1.165) is 29.9 Å². The van der Waals surface area contributed by atoms with E-state index in [4.69, 9.17) is 9.47 Å². The van der Waals surface area contributed by atoms with Gasteiger partial charge in [0.1, 0.15) is 11.5 Å². The molecule has 1 aromatic rings. The summed E-state index contributed by atoms with van der Waals surface area (Å²) >= 11 is 0. The average Bonchev–Trinajstić information content (AvgIpc) is 2.81. The lowest BCUT2D eigenvalue weighted by atomic mass is 9.45. The Hall–Kier alpha value is -1.48. The molecule has 1 fully saturated rings. The number of hydrogen-bond acceptors (Lipinski definition) is 3. The Kier molecular flexibility index (Phi) is 9.28. The van der Waals surface area contributed by atoms with Gasteiger partial charge in [-0.1, -0.05) is 80.2 Å². The molecule has 2 bridgehead atoms. The zero-order chi connectivity index (χ0) is 24.1. The second-order valence-electron chi connectivity index (χ2n) is 10.6. The molecule has 0 radical (unpaired) electrons. The fourth-order valence-electron chi connectivity index (χ4n) is 5.90. The van der Waals surface area contributed by atoms with Gasteiger partial charge in [-0.2, -0.15) is 0 Å². The number of fused-ring (bicyclic) bond motifs is 1. The molecule has 4 rings (SSSR count). The molecule has 0 amide bonds. The van der Waals surface area contributed by atoms with Crippen LogP contribution >= 0.6 is 0 Å². The van der Waals surface area contributed by atoms with E-state index in [0.29, 0.717) is 11.8 Å².